The zero-order chi connectivity index (χ0) is 13.8. The molecule has 0 atom stereocenters. The second kappa shape index (κ2) is 6.17. The maximum Gasteiger partial charge on any atom is 0.266 e. The molecule has 5 nitrogen and oxygen atoms in total. The first-order valence-electron chi connectivity index (χ1n) is 5.35. The maximum atomic E-state index is 11.6. The number of hydrogen-bond donors (Lipinski definition) is 2. The maximum absolute atomic E-state index is 11.6. The predicted molar refractivity (Wildman–Crippen MR) is 69.6 cm³/mol. The Morgan fingerprint density at radius 2 is 2.11 bits per heavy atom. The van der Waals surface area contributed by atoms with Crippen molar-refractivity contribution >= 4 is 27.6 Å². The number of aryl methyl sites for hydroxylation is 1. The second-order valence-electron chi connectivity index (χ2n) is 3.70. The number of rotatable bonds is 5. The van der Waals surface area contributed by atoms with Crippen molar-refractivity contribution in [1.82, 2.24) is 5.32 Å². The lowest BCUT2D eigenvalue weighted by Crippen LogP contribution is -2.28. The number of carbonyl (C=O) groups is 1. The van der Waals surface area contributed by atoms with Gasteiger partial charge in [-0.3, -0.25) is 9.35 Å². The van der Waals surface area contributed by atoms with E-state index in [0.717, 1.165) is 12.0 Å². The molecular weight excluding hydrogens is 278 g/mol. The molecule has 0 saturated carbocycles. The van der Waals surface area contributed by atoms with E-state index in [2.05, 4.69) is 5.32 Å². The van der Waals surface area contributed by atoms with Crippen molar-refractivity contribution in [3.8, 4) is 0 Å². The third-order valence-corrected chi connectivity index (χ3v) is 3.41. The van der Waals surface area contributed by atoms with Gasteiger partial charge in [0.25, 0.3) is 16.0 Å². The third kappa shape index (κ3) is 4.64. The molecule has 1 aromatic carbocycles. The van der Waals surface area contributed by atoms with Crippen molar-refractivity contribution in [3.63, 3.8) is 0 Å². The average molecular weight is 292 g/mol. The van der Waals surface area contributed by atoms with Crippen LogP contribution in [0.2, 0.25) is 5.02 Å². The molecule has 2 N–H and O–H groups in total. The second-order valence-corrected chi connectivity index (χ2v) is 5.68. The highest BCUT2D eigenvalue weighted by Gasteiger charge is 2.09. The Balaban J connectivity index is 2.65. The average Bonchev–Trinajstić information content (AvgIpc) is 2.27. The Kier molecular flexibility index (Phi) is 5.13. The van der Waals surface area contributed by atoms with Gasteiger partial charge >= 0.3 is 0 Å². The minimum Gasteiger partial charge on any atom is -0.351 e. The Hall–Kier alpha value is -1.11. The van der Waals surface area contributed by atoms with E-state index in [1.165, 1.54) is 6.07 Å². The van der Waals surface area contributed by atoms with Gasteiger partial charge in [0.05, 0.1) is 5.75 Å². The molecule has 0 spiro atoms. The highest BCUT2D eigenvalue weighted by Crippen LogP contribution is 2.18. The van der Waals surface area contributed by atoms with Crippen molar-refractivity contribution < 1.29 is 17.8 Å². The Morgan fingerprint density at radius 3 is 2.61 bits per heavy atom. The highest BCUT2D eigenvalue weighted by molar-refractivity contribution is 7.85. The van der Waals surface area contributed by atoms with E-state index < -0.39 is 21.8 Å². The fraction of sp³-hybridized carbons (Fsp3) is 0.364. The Bertz CT molecular complexity index is 542. The number of amides is 1. The van der Waals surface area contributed by atoms with Gasteiger partial charge in [-0.05, 0) is 24.1 Å². The fourth-order valence-electron chi connectivity index (χ4n) is 1.37. The van der Waals surface area contributed by atoms with Gasteiger partial charge in [-0.25, -0.2) is 0 Å². The molecule has 18 heavy (non-hydrogen) atoms. The lowest BCUT2D eigenvalue weighted by molar-refractivity contribution is 0.0956. The van der Waals surface area contributed by atoms with Crippen molar-refractivity contribution in [2.24, 2.45) is 0 Å². The van der Waals surface area contributed by atoms with E-state index in [1.54, 1.807) is 12.1 Å². The SMILES string of the molecule is CCc1ccc(C(=O)NCCS(=O)(=O)O)cc1Cl. The Morgan fingerprint density at radius 1 is 1.44 bits per heavy atom. The molecule has 0 fully saturated rings. The number of nitrogens with one attached hydrogen (secondary N) is 1. The van der Waals surface area contributed by atoms with Gasteiger partial charge in [-0.1, -0.05) is 24.6 Å². The first kappa shape index (κ1) is 14.9. The summed E-state index contributed by atoms with van der Waals surface area (Å²) in [4.78, 5) is 11.6. The van der Waals surface area contributed by atoms with Gasteiger partial charge in [0.2, 0.25) is 0 Å². The van der Waals surface area contributed by atoms with Crippen LogP contribution in [0.5, 0.6) is 0 Å². The first-order chi connectivity index (χ1) is 8.33. The molecule has 0 radical (unpaired) electrons. The van der Waals surface area contributed by atoms with Gasteiger partial charge in [0, 0.05) is 17.1 Å². The van der Waals surface area contributed by atoms with Crippen molar-refractivity contribution in [3.05, 3.63) is 34.3 Å². The van der Waals surface area contributed by atoms with Crippen molar-refractivity contribution in [2.75, 3.05) is 12.3 Å². The van der Waals surface area contributed by atoms with E-state index in [0.29, 0.717) is 10.6 Å². The summed E-state index contributed by atoms with van der Waals surface area (Å²) in [6.07, 6.45) is 0.767. The first-order valence-corrected chi connectivity index (χ1v) is 7.34. The summed E-state index contributed by atoms with van der Waals surface area (Å²) in [5.41, 5.74) is 1.29. The van der Waals surface area contributed by atoms with E-state index in [4.69, 9.17) is 16.2 Å². The fourth-order valence-corrected chi connectivity index (χ4v) is 2.05. The van der Waals surface area contributed by atoms with Gasteiger partial charge < -0.3 is 5.32 Å². The molecule has 0 saturated heterocycles. The molecule has 7 heteroatoms. The zero-order valence-electron chi connectivity index (χ0n) is 9.81. The lowest BCUT2D eigenvalue weighted by Gasteiger charge is -2.06. The molecule has 0 aliphatic heterocycles. The molecule has 0 bridgehead atoms. The number of carbonyl (C=O) groups excluding carboxylic acids is 1. The van der Waals surface area contributed by atoms with Crippen LogP contribution in [0.4, 0.5) is 0 Å². The van der Waals surface area contributed by atoms with Crippen LogP contribution in [-0.4, -0.2) is 31.2 Å². The minimum absolute atomic E-state index is 0.148. The lowest BCUT2D eigenvalue weighted by atomic mass is 10.1. The third-order valence-electron chi connectivity index (χ3n) is 2.34. The normalized spacial score (nSPS) is 11.3. The summed E-state index contributed by atoms with van der Waals surface area (Å²) in [7, 11) is -4.06. The molecule has 1 amide bonds. The summed E-state index contributed by atoms with van der Waals surface area (Å²) in [6, 6.07) is 4.90. The highest BCUT2D eigenvalue weighted by atomic mass is 35.5. The smallest absolute Gasteiger partial charge is 0.266 e. The van der Waals surface area contributed by atoms with Crippen LogP contribution in [0.25, 0.3) is 0 Å². The molecule has 1 aromatic rings. The van der Waals surface area contributed by atoms with Crippen LogP contribution in [0.3, 0.4) is 0 Å². The Labute approximate surface area is 111 Å². The molecule has 0 aliphatic rings. The molecule has 0 heterocycles. The summed E-state index contributed by atoms with van der Waals surface area (Å²) < 4.78 is 29.5. The van der Waals surface area contributed by atoms with Crippen LogP contribution in [0.1, 0.15) is 22.8 Å². The predicted octanol–water partition coefficient (Wildman–Crippen LogP) is 1.52. The van der Waals surface area contributed by atoms with E-state index >= 15 is 0 Å². The van der Waals surface area contributed by atoms with Crippen molar-refractivity contribution in [1.29, 1.82) is 0 Å². The standard InChI is InChI=1S/C11H14ClNO4S/c1-2-8-3-4-9(7-10(8)12)11(14)13-5-6-18(15,16)17/h3-4,7H,2,5-6H2,1H3,(H,13,14)(H,15,16,17). The summed E-state index contributed by atoms with van der Waals surface area (Å²) in [5.74, 6) is -0.942. The number of halogens is 1. The molecule has 0 unspecified atom stereocenters. The van der Waals surface area contributed by atoms with Crippen LogP contribution < -0.4 is 5.32 Å². The van der Waals surface area contributed by atoms with Gasteiger partial charge in [-0.2, -0.15) is 8.42 Å². The topological polar surface area (TPSA) is 83.5 Å². The zero-order valence-corrected chi connectivity index (χ0v) is 11.4. The molecule has 0 aliphatic carbocycles. The summed E-state index contributed by atoms with van der Waals surface area (Å²) >= 11 is 5.96. The molecule has 100 valence electrons. The van der Waals surface area contributed by atoms with Gasteiger partial charge in [0.15, 0.2) is 0 Å². The van der Waals surface area contributed by atoms with Crippen LogP contribution >= 0.6 is 11.6 Å². The minimum atomic E-state index is -4.06. The van der Waals surface area contributed by atoms with Crippen LogP contribution in [-0.2, 0) is 16.5 Å². The quantitative estimate of drug-likeness (QED) is 0.806. The summed E-state index contributed by atoms with van der Waals surface area (Å²) in [5, 5.41) is 2.88. The van der Waals surface area contributed by atoms with Gasteiger partial charge in [0.1, 0.15) is 0 Å². The van der Waals surface area contributed by atoms with E-state index in [-0.39, 0.29) is 6.54 Å². The molecular formula is C11H14ClNO4S. The van der Waals surface area contributed by atoms with Crippen LogP contribution in [0.15, 0.2) is 18.2 Å². The van der Waals surface area contributed by atoms with E-state index in [1.807, 2.05) is 6.92 Å². The monoisotopic (exact) mass is 291 g/mol. The number of benzene rings is 1. The largest absolute Gasteiger partial charge is 0.351 e. The molecule has 0 aromatic heterocycles. The van der Waals surface area contributed by atoms with Crippen molar-refractivity contribution in [2.45, 2.75) is 13.3 Å². The number of hydrogen-bond acceptors (Lipinski definition) is 3. The van der Waals surface area contributed by atoms with E-state index in [9.17, 15) is 13.2 Å². The van der Waals surface area contributed by atoms with Gasteiger partial charge in [-0.15, -0.1) is 0 Å². The van der Waals surface area contributed by atoms with Crippen LogP contribution in [0, 0.1) is 0 Å². The summed E-state index contributed by atoms with van der Waals surface area (Å²) in [6.45, 7) is 1.80. The molecule has 1 rings (SSSR count).